The highest BCUT2D eigenvalue weighted by Crippen LogP contribution is 2.19. The van der Waals surface area contributed by atoms with Crippen LogP contribution in [0.2, 0.25) is 0 Å². The van der Waals surface area contributed by atoms with Crippen molar-refractivity contribution in [2.24, 2.45) is 5.92 Å². The maximum absolute atomic E-state index is 11.8. The van der Waals surface area contributed by atoms with Crippen molar-refractivity contribution in [3.63, 3.8) is 0 Å². The van der Waals surface area contributed by atoms with Gasteiger partial charge in [0.25, 0.3) is 0 Å². The smallest absolute Gasteiger partial charge is 0.311 e. The van der Waals surface area contributed by atoms with Crippen LogP contribution in [-0.2, 0) is 4.79 Å². The second-order valence-corrected chi connectivity index (χ2v) is 4.66. The quantitative estimate of drug-likeness (QED) is 0.643. The van der Waals surface area contributed by atoms with Crippen LogP contribution >= 0.6 is 0 Å². The van der Waals surface area contributed by atoms with E-state index < -0.39 is 0 Å². The number of hydrogen-bond donors (Lipinski definition) is 1. The Hall–Kier alpha value is -1.35. The number of carbonyl (C=O) groups is 1. The molecule has 0 saturated carbocycles. The van der Waals surface area contributed by atoms with E-state index in [9.17, 15) is 4.79 Å². The fourth-order valence-electron chi connectivity index (χ4n) is 2.17. The van der Waals surface area contributed by atoms with Gasteiger partial charge in [0.1, 0.15) is 5.75 Å². The third-order valence-corrected chi connectivity index (χ3v) is 3.17. The standard InChI is InChI=1S/C14H19NO2/c1-11-5-2-3-7-13(11)17-14(16)9-12-6-4-8-15-10-12/h2-3,5,7,12,15H,4,6,8-10H2,1H3. The van der Waals surface area contributed by atoms with Crippen molar-refractivity contribution in [2.45, 2.75) is 26.2 Å². The van der Waals surface area contributed by atoms with Crippen molar-refractivity contribution in [3.05, 3.63) is 29.8 Å². The first-order chi connectivity index (χ1) is 8.25. The molecule has 1 aliphatic heterocycles. The molecule has 1 aliphatic rings. The third kappa shape index (κ3) is 3.56. The van der Waals surface area contributed by atoms with E-state index in [4.69, 9.17) is 4.74 Å². The molecule has 92 valence electrons. The van der Waals surface area contributed by atoms with E-state index in [0.29, 0.717) is 18.1 Å². The topological polar surface area (TPSA) is 38.3 Å². The highest BCUT2D eigenvalue weighted by molar-refractivity contribution is 5.73. The van der Waals surface area contributed by atoms with Gasteiger partial charge in [-0.3, -0.25) is 4.79 Å². The molecule has 0 amide bonds. The van der Waals surface area contributed by atoms with Crippen molar-refractivity contribution in [1.29, 1.82) is 0 Å². The van der Waals surface area contributed by atoms with Gasteiger partial charge in [0.15, 0.2) is 0 Å². The highest BCUT2D eigenvalue weighted by Gasteiger charge is 2.18. The molecule has 0 aromatic heterocycles. The summed E-state index contributed by atoms with van der Waals surface area (Å²) in [5.74, 6) is 0.995. The van der Waals surface area contributed by atoms with Gasteiger partial charge in [0.05, 0.1) is 0 Å². The summed E-state index contributed by atoms with van der Waals surface area (Å²) in [7, 11) is 0. The van der Waals surface area contributed by atoms with Crippen molar-refractivity contribution in [2.75, 3.05) is 13.1 Å². The highest BCUT2D eigenvalue weighted by atomic mass is 16.5. The summed E-state index contributed by atoms with van der Waals surface area (Å²) < 4.78 is 5.38. The molecule has 3 nitrogen and oxygen atoms in total. The predicted octanol–water partition coefficient (Wildman–Crippen LogP) is 2.29. The number of ether oxygens (including phenoxy) is 1. The molecule has 1 saturated heterocycles. The second kappa shape index (κ2) is 5.82. The van der Waals surface area contributed by atoms with Crippen LogP contribution in [0.3, 0.4) is 0 Å². The molecule has 2 rings (SSSR count). The molecule has 0 aliphatic carbocycles. The first-order valence-electron chi connectivity index (χ1n) is 6.23. The van der Waals surface area contributed by atoms with Crippen LogP contribution in [0.15, 0.2) is 24.3 Å². The van der Waals surface area contributed by atoms with Gasteiger partial charge >= 0.3 is 5.97 Å². The Bertz CT molecular complexity index is 384. The van der Waals surface area contributed by atoms with Gasteiger partial charge in [-0.05, 0) is 50.4 Å². The summed E-state index contributed by atoms with van der Waals surface area (Å²) in [5.41, 5.74) is 1.00. The average molecular weight is 233 g/mol. The number of benzene rings is 1. The zero-order chi connectivity index (χ0) is 12.1. The minimum Gasteiger partial charge on any atom is -0.426 e. The Labute approximate surface area is 102 Å². The normalized spacial score (nSPS) is 19.9. The number of aryl methyl sites for hydroxylation is 1. The van der Waals surface area contributed by atoms with Gasteiger partial charge in [-0.1, -0.05) is 18.2 Å². The predicted molar refractivity (Wildman–Crippen MR) is 67.0 cm³/mol. The Morgan fingerprint density at radius 1 is 1.47 bits per heavy atom. The molecule has 1 unspecified atom stereocenters. The summed E-state index contributed by atoms with van der Waals surface area (Å²) in [6.45, 7) is 3.96. The van der Waals surface area contributed by atoms with Crippen LogP contribution in [0.25, 0.3) is 0 Å². The Balaban J connectivity index is 1.86. The van der Waals surface area contributed by atoms with Gasteiger partial charge in [-0.25, -0.2) is 0 Å². The number of esters is 1. The third-order valence-electron chi connectivity index (χ3n) is 3.17. The van der Waals surface area contributed by atoms with E-state index in [0.717, 1.165) is 31.5 Å². The fraction of sp³-hybridized carbons (Fsp3) is 0.500. The second-order valence-electron chi connectivity index (χ2n) is 4.66. The minimum atomic E-state index is -0.118. The maximum atomic E-state index is 11.8. The monoisotopic (exact) mass is 233 g/mol. The number of para-hydroxylation sites is 1. The van der Waals surface area contributed by atoms with E-state index in [1.165, 1.54) is 0 Å². The molecule has 0 spiro atoms. The van der Waals surface area contributed by atoms with Crippen molar-refractivity contribution < 1.29 is 9.53 Å². The molecular formula is C14H19NO2. The molecular weight excluding hydrogens is 214 g/mol. The molecule has 1 aromatic carbocycles. The number of nitrogens with one attached hydrogen (secondary N) is 1. The first kappa shape index (κ1) is 12.1. The lowest BCUT2D eigenvalue weighted by Gasteiger charge is -2.21. The lowest BCUT2D eigenvalue weighted by atomic mass is 9.96. The van der Waals surface area contributed by atoms with Crippen molar-refractivity contribution >= 4 is 5.97 Å². The van der Waals surface area contributed by atoms with Gasteiger partial charge < -0.3 is 10.1 Å². The fourth-order valence-corrected chi connectivity index (χ4v) is 2.17. The van der Waals surface area contributed by atoms with Crippen molar-refractivity contribution in [3.8, 4) is 5.75 Å². The molecule has 1 N–H and O–H groups in total. The molecule has 1 aromatic rings. The minimum absolute atomic E-state index is 0.118. The van der Waals surface area contributed by atoms with E-state index >= 15 is 0 Å². The molecule has 1 fully saturated rings. The SMILES string of the molecule is Cc1ccccc1OC(=O)CC1CCCNC1. The van der Waals surface area contributed by atoms with Crippen LogP contribution < -0.4 is 10.1 Å². The molecule has 17 heavy (non-hydrogen) atoms. The first-order valence-corrected chi connectivity index (χ1v) is 6.23. The lowest BCUT2D eigenvalue weighted by Crippen LogP contribution is -2.31. The van der Waals surface area contributed by atoms with Gasteiger partial charge in [-0.2, -0.15) is 0 Å². The number of piperidine rings is 1. The average Bonchev–Trinajstić information content (AvgIpc) is 2.33. The van der Waals surface area contributed by atoms with E-state index in [-0.39, 0.29) is 5.97 Å². The van der Waals surface area contributed by atoms with Crippen LogP contribution in [-0.4, -0.2) is 19.1 Å². The summed E-state index contributed by atoms with van der Waals surface area (Å²) in [5, 5.41) is 3.31. The zero-order valence-corrected chi connectivity index (χ0v) is 10.2. The van der Waals surface area contributed by atoms with Gasteiger partial charge in [0.2, 0.25) is 0 Å². The summed E-state index contributed by atoms with van der Waals surface area (Å²) in [4.78, 5) is 11.8. The van der Waals surface area contributed by atoms with Crippen molar-refractivity contribution in [1.82, 2.24) is 5.32 Å². The maximum Gasteiger partial charge on any atom is 0.311 e. The van der Waals surface area contributed by atoms with Crippen LogP contribution in [0.1, 0.15) is 24.8 Å². The van der Waals surface area contributed by atoms with Crippen LogP contribution in [0.5, 0.6) is 5.75 Å². The molecule has 1 atom stereocenters. The molecule has 0 radical (unpaired) electrons. The Morgan fingerprint density at radius 2 is 2.29 bits per heavy atom. The summed E-state index contributed by atoms with van der Waals surface area (Å²) in [6, 6.07) is 7.62. The van der Waals surface area contributed by atoms with Crippen LogP contribution in [0, 0.1) is 12.8 Å². The number of rotatable bonds is 3. The Morgan fingerprint density at radius 3 is 3.00 bits per heavy atom. The lowest BCUT2D eigenvalue weighted by molar-refractivity contribution is -0.135. The van der Waals surface area contributed by atoms with Gasteiger partial charge in [-0.15, -0.1) is 0 Å². The zero-order valence-electron chi connectivity index (χ0n) is 10.2. The summed E-state index contributed by atoms with van der Waals surface area (Å²) in [6.07, 6.45) is 2.79. The summed E-state index contributed by atoms with van der Waals surface area (Å²) >= 11 is 0. The van der Waals surface area contributed by atoms with Crippen LogP contribution in [0.4, 0.5) is 0 Å². The number of carbonyl (C=O) groups excluding carboxylic acids is 1. The van der Waals surface area contributed by atoms with E-state index in [2.05, 4.69) is 5.32 Å². The largest absolute Gasteiger partial charge is 0.426 e. The number of hydrogen-bond acceptors (Lipinski definition) is 3. The van der Waals surface area contributed by atoms with E-state index in [1.54, 1.807) is 0 Å². The van der Waals surface area contributed by atoms with E-state index in [1.807, 2.05) is 31.2 Å². The molecule has 0 bridgehead atoms. The Kier molecular flexibility index (Phi) is 4.15. The van der Waals surface area contributed by atoms with Gasteiger partial charge in [0, 0.05) is 6.42 Å². The molecule has 3 heteroatoms. The molecule has 1 heterocycles.